The summed E-state index contributed by atoms with van der Waals surface area (Å²) >= 11 is 2.77. The molecular weight excluding hydrogens is 791 g/mol. The fraction of sp³-hybridized carbons (Fsp3) is 0.184. The summed E-state index contributed by atoms with van der Waals surface area (Å²) in [7, 11) is 0. The van der Waals surface area contributed by atoms with Crippen molar-refractivity contribution in [2.24, 2.45) is 5.92 Å². The molecule has 3 amide bonds. The van der Waals surface area contributed by atoms with Crippen molar-refractivity contribution in [2.45, 2.75) is 49.9 Å². The highest BCUT2D eigenvalue weighted by atomic mass is 32.2. The Bertz CT molecular complexity index is 2470. The molecule has 3 N–H and O–H groups in total. The third-order valence-corrected chi connectivity index (χ3v) is 12.3. The van der Waals surface area contributed by atoms with E-state index in [0.29, 0.717) is 50.5 Å². The van der Waals surface area contributed by atoms with Crippen LogP contribution in [0.2, 0.25) is 0 Å². The first-order chi connectivity index (χ1) is 29.2. The van der Waals surface area contributed by atoms with Crippen molar-refractivity contribution in [1.82, 2.24) is 5.32 Å². The van der Waals surface area contributed by atoms with Gasteiger partial charge in [-0.25, -0.2) is 4.79 Å². The molecule has 11 heteroatoms. The first kappa shape index (κ1) is 41.7. The maximum absolute atomic E-state index is 14.3. The standard InChI is InChI=1S/C49H45N3O6S2/c1-3-57-49(56)43-40-27-22-32(2)28-42(40)60-48(43)52-47(55)44(35-16-9-5-10-17-35)59-39-21-13-20-37(30-39)50-46(54)41(51-45(53)36-18-11-6-12-19-36)29-33-23-25-38(26-24-33)58-31-34-14-7-4-8-15-34/h4-21,23-26,29-30,32,44H,3,22,27-28,31H2,1-2H3,(H,50,54)(H,51,53)(H,52,55)/b41-29-. The van der Waals surface area contributed by atoms with Crippen molar-refractivity contribution in [3.63, 3.8) is 0 Å². The average molecular weight is 836 g/mol. The Morgan fingerprint density at radius 2 is 1.53 bits per heavy atom. The number of benzene rings is 5. The van der Waals surface area contributed by atoms with Gasteiger partial charge in [0.1, 0.15) is 28.3 Å². The van der Waals surface area contributed by atoms with E-state index in [1.807, 2.05) is 97.1 Å². The number of carbonyl (C=O) groups is 4. The van der Waals surface area contributed by atoms with Crippen LogP contribution in [0.15, 0.2) is 150 Å². The van der Waals surface area contributed by atoms with E-state index in [1.54, 1.807) is 55.5 Å². The molecule has 0 fully saturated rings. The maximum Gasteiger partial charge on any atom is 0.341 e. The van der Waals surface area contributed by atoms with Gasteiger partial charge in [-0.2, -0.15) is 0 Å². The van der Waals surface area contributed by atoms with Gasteiger partial charge in [0, 0.05) is 21.0 Å². The molecule has 1 aliphatic rings. The number of thioether (sulfide) groups is 1. The first-order valence-electron chi connectivity index (χ1n) is 19.8. The van der Waals surface area contributed by atoms with E-state index in [-0.39, 0.29) is 18.2 Å². The van der Waals surface area contributed by atoms with Crippen molar-refractivity contribution < 1.29 is 28.7 Å². The van der Waals surface area contributed by atoms with Crippen LogP contribution in [0.3, 0.4) is 0 Å². The molecular formula is C49H45N3O6S2. The lowest BCUT2D eigenvalue weighted by Gasteiger charge is -2.19. The van der Waals surface area contributed by atoms with Crippen molar-refractivity contribution in [1.29, 1.82) is 0 Å². The van der Waals surface area contributed by atoms with E-state index in [9.17, 15) is 19.2 Å². The highest BCUT2D eigenvalue weighted by Gasteiger charge is 2.31. The topological polar surface area (TPSA) is 123 Å². The number of hydrogen-bond acceptors (Lipinski definition) is 8. The van der Waals surface area contributed by atoms with Gasteiger partial charge in [0.15, 0.2) is 0 Å². The number of thiophene rings is 1. The van der Waals surface area contributed by atoms with Crippen molar-refractivity contribution in [2.75, 3.05) is 17.2 Å². The van der Waals surface area contributed by atoms with E-state index in [2.05, 4.69) is 22.9 Å². The molecule has 1 aromatic heterocycles. The molecule has 7 rings (SSSR count). The second-order valence-electron chi connectivity index (χ2n) is 14.4. The van der Waals surface area contributed by atoms with Crippen LogP contribution in [0.1, 0.15) is 73.4 Å². The van der Waals surface area contributed by atoms with Crippen molar-refractivity contribution >= 4 is 63.6 Å². The number of ether oxygens (including phenoxy) is 2. The molecule has 304 valence electrons. The third kappa shape index (κ3) is 10.8. The summed E-state index contributed by atoms with van der Waals surface area (Å²) in [5.41, 5.74) is 4.81. The fourth-order valence-corrected chi connectivity index (χ4v) is 9.31. The normalized spacial score (nSPS) is 14.0. The molecule has 2 unspecified atom stereocenters. The molecule has 0 aliphatic heterocycles. The summed E-state index contributed by atoms with van der Waals surface area (Å²) in [6, 6.07) is 42.4. The molecule has 2 atom stereocenters. The molecule has 0 radical (unpaired) electrons. The second-order valence-corrected chi connectivity index (χ2v) is 16.7. The SMILES string of the molecule is CCOC(=O)c1c(NC(=O)C(Sc2cccc(NC(=O)/C(=C/c3ccc(OCc4ccccc4)cc3)NC(=O)c3ccccc3)c2)c2ccccc2)sc2c1CCC(C)C2. The zero-order valence-corrected chi connectivity index (χ0v) is 34.9. The van der Waals surface area contributed by atoms with Gasteiger partial charge in [-0.1, -0.05) is 104 Å². The highest BCUT2D eigenvalue weighted by Crippen LogP contribution is 2.42. The number of rotatable bonds is 15. The van der Waals surface area contributed by atoms with Crippen molar-refractivity contribution in [3.8, 4) is 5.75 Å². The van der Waals surface area contributed by atoms with Crippen LogP contribution in [-0.4, -0.2) is 30.3 Å². The minimum atomic E-state index is -0.703. The van der Waals surface area contributed by atoms with Crippen LogP contribution < -0.4 is 20.7 Å². The zero-order valence-electron chi connectivity index (χ0n) is 33.3. The van der Waals surface area contributed by atoms with Gasteiger partial charge in [-0.15, -0.1) is 23.1 Å². The number of anilines is 2. The summed E-state index contributed by atoms with van der Waals surface area (Å²) < 4.78 is 11.4. The maximum atomic E-state index is 14.3. The fourth-order valence-electron chi connectivity index (χ4n) is 6.83. The van der Waals surface area contributed by atoms with Crippen LogP contribution in [0, 0.1) is 5.92 Å². The summed E-state index contributed by atoms with van der Waals surface area (Å²) in [6.07, 6.45) is 4.18. The minimum absolute atomic E-state index is 0.0341. The lowest BCUT2D eigenvalue weighted by molar-refractivity contribution is -0.116. The van der Waals surface area contributed by atoms with Gasteiger partial charge < -0.3 is 25.4 Å². The molecule has 1 aliphatic carbocycles. The van der Waals surface area contributed by atoms with Crippen LogP contribution in [-0.2, 0) is 33.8 Å². The Labute approximate surface area is 358 Å². The molecule has 60 heavy (non-hydrogen) atoms. The Balaban J connectivity index is 1.11. The molecule has 9 nitrogen and oxygen atoms in total. The lowest BCUT2D eigenvalue weighted by Crippen LogP contribution is -2.30. The summed E-state index contributed by atoms with van der Waals surface area (Å²) in [6.45, 7) is 4.62. The van der Waals surface area contributed by atoms with E-state index in [1.165, 1.54) is 23.1 Å². The Kier molecular flexibility index (Phi) is 13.9. The van der Waals surface area contributed by atoms with Gasteiger partial charge in [-0.3, -0.25) is 14.4 Å². The van der Waals surface area contributed by atoms with Gasteiger partial charge in [0.2, 0.25) is 5.91 Å². The number of carbonyl (C=O) groups excluding carboxylic acids is 4. The zero-order chi connectivity index (χ0) is 41.8. The van der Waals surface area contributed by atoms with Gasteiger partial charge >= 0.3 is 5.97 Å². The molecule has 6 aromatic rings. The smallest absolute Gasteiger partial charge is 0.341 e. The number of esters is 1. The molecule has 1 heterocycles. The molecule has 0 spiro atoms. The van der Waals surface area contributed by atoms with E-state index >= 15 is 0 Å². The minimum Gasteiger partial charge on any atom is -0.489 e. The molecule has 5 aromatic carbocycles. The third-order valence-electron chi connectivity index (χ3n) is 9.88. The number of fused-ring (bicyclic) bond motifs is 1. The summed E-state index contributed by atoms with van der Waals surface area (Å²) in [5, 5.41) is 8.65. The highest BCUT2D eigenvalue weighted by molar-refractivity contribution is 8.00. The van der Waals surface area contributed by atoms with E-state index in [4.69, 9.17) is 9.47 Å². The van der Waals surface area contributed by atoms with Gasteiger partial charge in [0.05, 0.1) is 12.2 Å². The monoisotopic (exact) mass is 835 g/mol. The van der Waals surface area contributed by atoms with Gasteiger partial charge in [-0.05, 0) is 103 Å². The average Bonchev–Trinajstić information content (AvgIpc) is 3.62. The Morgan fingerprint density at radius 1 is 0.833 bits per heavy atom. The van der Waals surface area contributed by atoms with Crippen LogP contribution in [0.25, 0.3) is 6.08 Å². The number of amides is 3. The largest absolute Gasteiger partial charge is 0.489 e. The quantitative estimate of drug-likeness (QED) is 0.0535. The van der Waals surface area contributed by atoms with Gasteiger partial charge in [0.25, 0.3) is 11.8 Å². The second kappa shape index (κ2) is 20.0. The molecule has 0 bridgehead atoms. The van der Waals surface area contributed by atoms with E-state index in [0.717, 1.165) is 40.8 Å². The van der Waals surface area contributed by atoms with Crippen LogP contribution in [0.4, 0.5) is 10.7 Å². The summed E-state index contributed by atoms with van der Waals surface area (Å²) in [4.78, 5) is 56.7. The van der Waals surface area contributed by atoms with Crippen LogP contribution >= 0.6 is 23.1 Å². The number of hydrogen-bond donors (Lipinski definition) is 3. The summed E-state index contributed by atoms with van der Waals surface area (Å²) in [5.74, 6) is -0.540. The Morgan fingerprint density at radius 3 is 2.25 bits per heavy atom. The van der Waals surface area contributed by atoms with Crippen LogP contribution in [0.5, 0.6) is 5.75 Å². The van der Waals surface area contributed by atoms with E-state index < -0.39 is 23.0 Å². The predicted molar refractivity (Wildman–Crippen MR) is 239 cm³/mol. The first-order valence-corrected chi connectivity index (χ1v) is 21.5. The molecule has 0 saturated carbocycles. The number of nitrogens with one attached hydrogen (secondary N) is 3. The predicted octanol–water partition coefficient (Wildman–Crippen LogP) is 10.5. The Hall–Kier alpha value is -6.43. The molecule has 0 saturated heterocycles. The van der Waals surface area contributed by atoms with Crippen molar-refractivity contribution in [3.05, 3.63) is 183 Å². The lowest BCUT2D eigenvalue weighted by atomic mass is 9.88.